The summed E-state index contributed by atoms with van der Waals surface area (Å²) in [6.07, 6.45) is 2.16. The third-order valence-electron chi connectivity index (χ3n) is 3.63. The predicted molar refractivity (Wildman–Crippen MR) is 87.2 cm³/mol. The van der Waals surface area contributed by atoms with E-state index in [1.165, 1.54) is 0 Å². The first-order chi connectivity index (χ1) is 10.8. The first-order valence-electron chi connectivity index (χ1n) is 7.16. The maximum atomic E-state index is 11.4. The number of likely N-dealkylation sites (N-methyl/N-ethyl adjacent to an activating group) is 1. The van der Waals surface area contributed by atoms with Gasteiger partial charge in [0.05, 0.1) is 12.1 Å². The second-order valence-corrected chi connectivity index (χ2v) is 5.09. The number of hydrogen-bond donors (Lipinski definition) is 2. The smallest absolute Gasteiger partial charge is 0.224 e. The molecule has 3 rings (SSSR count). The highest BCUT2D eigenvalue weighted by atomic mass is 16.1. The average molecular weight is 291 g/mol. The van der Waals surface area contributed by atoms with Crippen LogP contribution in [0.3, 0.4) is 0 Å². The molecule has 0 aliphatic carbocycles. The molecule has 0 atom stereocenters. The molecule has 0 fully saturated rings. The predicted octanol–water partition coefficient (Wildman–Crippen LogP) is 3.03. The largest absolute Gasteiger partial charge is 0.359 e. The summed E-state index contributed by atoms with van der Waals surface area (Å²) in [5.74, 6) is 0.0247. The highest BCUT2D eigenvalue weighted by Crippen LogP contribution is 2.24. The van der Waals surface area contributed by atoms with E-state index in [9.17, 15) is 4.79 Å². The van der Waals surface area contributed by atoms with Gasteiger partial charge in [0.2, 0.25) is 5.91 Å². The summed E-state index contributed by atoms with van der Waals surface area (Å²) >= 11 is 0. The minimum atomic E-state index is 0.0247. The van der Waals surface area contributed by atoms with Gasteiger partial charge in [-0.25, -0.2) is 0 Å². The SMILES string of the molecule is CNC(=O)Cc1ccc(-c2ccc(-c3ccn[nH]3)cc2)cc1. The second kappa shape index (κ2) is 6.26. The molecule has 0 radical (unpaired) electrons. The van der Waals surface area contributed by atoms with Crippen LogP contribution in [0.2, 0.25) is 0 Å². The lowest BCUT2D eigenvalue weighted by atomic mass is 10.0. The van der Waals surface area contributed by atoms with Gasteiger partial charge in [0.1, 0.15) is 0 Å². The molecule has 1 amide bonds. The molecule has 4 heteroatoms. The fourth-order valence-electron chi connectivity index (χ4n) is 2.35. The van der Waals surface area contributed by atoms with Crippen molar-refractivity contribution in [1.82, 2.24) is 15.5 Å². The number of amides is 1. The number of carbonyl (C=O) groups excluding carboxylic acids is 1. The molecule has 2 N–H and O–H groups in total. The molecule has 0 aliphatic rings. The molecule has 22 heavy (non-hydrogen) atoms. The molecule has 1 heterocycles. The highest BCUT2D eigenvalue weighted by molar-refractivity contribution is 5.78. The zero-order chi connectivity index (χ0) is 15.4. The number of rotatable bonds is 4. The monoisotopic (exact) mass is 291 g/mol. The van der Waals surface area contributed by atoms with Crippen molar-refractivity contribution in [1.29, 1.82) is 0 Å². The van der Waals surface area contributed by atoms with E-state index in [0.717, 1.165) is 27.9 Å². The summed E-state index contributed by atoms with van der Waals surface area (Å²) in [5.41, 5.74) is 5.41. The van der Waals surface area contributed by atoms with Gasteiger partial charge in [-0.3, -0.25) is 9.89 Å². The summed E-state index contributed by atoms with van der Waals surface area (Å²) in [6, 6.07) is 18.3. The van der Waals surface area contributed by atoms with E-state index in [-0.39, 0.29) is 5.91 Å². The number of carbonyl (C=O) groups is 1. The normalized spacial score (nSPS) is 10.4. The zero-order valence-corrected chi connectivity index (χ0v) is 12.3. The minimum Gasteiger partial charge on any atom is -0.359 e. The number of hydrogen-bond acceptors (Lipinski definition) is 2. The lowest BCUT2D eigenvalue weighted by Crippen LogP contribution is -2.19. The highest BCUT2D eigenvalue weighted by Gasteiger charge is 2.03. The third-order valence-corrected chi connectivity index (χ3v) is 3.63. The number of nitrogens with zero attached hydrogens (tertiary/aromatic N) is 1. The van der Waals surface area contributed by atoms with Crippen molar-refractivity contribution in [2.45, 2.75) is 6.42 Å². The number of nitrogens with one attached hydrogen (secondary N) is 2. The van der Waals surface area contributed by atoms with Gasteiger partial charge in [-0.05, 0) is 28.3 Å². The van der Waals surface area contributed by atoms with E-state index in [0.29, 0.717) is 6.42 Å². The van der Waals surface area contributed by atoms with E-state index in [2.05, 4.69) is 39.8 Å². The third kappa shape index (κ3) is 3.06. The average Bonchev–Trinajstić information content (AvgIpc) is 3.10. The summed E-state index contributed by atoms with van der Waals surface area (Å²) in [5, 5.41) is 9.55. The van der Waals surface area contributed by atoms with Gasteiger partial charge >= 0.3 is 0 Å². The Balaban J connectivity index is 1.78. The molecule has 2 aromatic carbocycles. The lowest BCUT2D eigenvalue weighted by molar-refractivity contribution is -0.119. The number of aromatic amines is 1. The topological polar surface area (TPSA) is 57.8 Å². The van der Waals surface area contributed by atoms with Gasteiger partial charge in [0.25, 0.3) is 0 Å². The molecule has 0 saturated heterocycles. The quantitative estimate of drug-likeness (QED) is 0.776. The summed E-state index contributed by atoms with van der Waals surface area (Å²) in [7, 11) is 1.65. The van der Waals surface area contributed by atoms with Crippen LogP contribution in [0, 0.1) is 0 Å². The van der Waals surface area contributed by atoms with Gasteiger partial charge in [-0.2, -0.15) is 5.10 Å². The molecule has 110 valence electrons. The fourth-order valence-corrected chi connectivity index (χ4v) is 2.35. The van der Waals surface area contributed by atoms with Crippen LogP contribution >= 0.6 is 0 Å². The Kier molecular flexibility index (Phi) is 4.01. The van der Waals surface area contributed by atoms with Crippen LogP contribution in [0.5, 0.6) is 0 Å². The summed E-state index contributed by atoms with van der Waals surface area (Å²) in [4.78, 5) is 11.4. The Labute approximate surface area is 129 Å². The van der Waals surface area contributed by atoms with Crippen LogP contribution in [0.15, 0.2) is 60.8 Å². The van der Waals surface area contributed by atoms with Crippen molar-refractivity contribution in [2.75, 3.05) is 7.05 Å². The molecule has 0 bridgehead atoms. The molecule has 1 aromatic heterocycles. The first kappa shape index (κ1) is 14.1. The van der Waals surface area contributed by atoms with Crippen molar-refractivity contribution in [3.8, 4) is 22.4 Å². The number of H-pyrrole nitrogens is 1. The molecular weight excluding hydrogens is 274 g/mol. The number of aromatic nitrogens is 2. The second-order valence-electron chi connectivity index (χ2n) is 5.09. The lowest BCUT2D eigenvalue weighted by Gasteiger charge is -2.05. The molecule has 0 saturated carbocycles. The van der Waals surface area contributed by atoms with E-state index >= 15 is 0 Å². The Morgan fingerprint density at radius 3 is 2.09 bits per heavy atom. The van der Waals surface area contributed by atoms with Crippen LogP contribution in [0.25, 0.3) is 22.4 Å². The Morgan fingerprint density at radius 2 is 1.55 bits per heavy atom. The van der Waals surface area contributed by atoms with E-state index < -0.39 is 0 Å². The van der Waals surface area contributed by atoms with Gasteiger partial charge in [-0.1, -0.05) is 48.5 Å². The fraction of sp³-hybridized carbons (Fsp3) is 0.111. The Bertz CT molecular complexity index is 744. The maximum Gasteiger partial charge on any atom is 0.224 e. The van der Waals surface area contributed by atoms with E-state index in [1.54, 1.807) is 13.2 Å². The maximum absolute atomic E-state index is 11.4. The standard InChI is InChI=1S/C18H17N3O/c1-19-18(22)12-13-2-4-14(5-3-13)15-6-8-16(9-7-15)17-10-11-20-21-17/h2-11H,12H2,1H3,(H,19,22)(H,20,21). The molecule has 0 spiro atoms. The van der Waals surface area contributed by atoms with Gasteiger partial charge in [-0.15, -0.1) is 0 Å². The first-order valence-corrected chi connectivity index (χ1v) is 7.16. The van der Waals surface area contributed by atoms with E-state index in [1.807, 2.05) is 30.3 Å². The molecule has 0 unspecified atom stereocenters. The van der Waals surface area contributed by atoms with Gasteiger partial charge in [0, 0.05) is 13.2 Å². The van der Waals surface area contributed by atoms with Crippen LogP contribution in [-0.4, -0.2) is 23.2 Å². The van der Waals surface area contributed by atoms with Crippen molar-refractivity contribution >= 4 is 5.91 Å². The summed E-state index contributed by atoms with van der Waals surface area (Å²) < 4.78 is 0. The minimum absolute atomic E-state index is 0.0247. The van der Waals surface area contributed by atoms with Crippen molar-refractivity contribution in [3.05, 3.63) is 66.4 Å². The molecule has 3 aromatic rings. The molecule has 4 nitrogen and oxygen atoms in total. The Morgan fingerprint density at radius 1 is 0.955 bits per heavy atom. The van der Waals surface area contributed by atoms with Crippen molar-refractivity contribution in [2.24, 2.45) is 0 Å². The Hall–Kier alpha value is -2.88. The zero-order valence-electron chi connectivity index (χ0n) is 12.3. The van der Waals surface area contributed by atoms with Gasteiger partial charge < -0.3 is 5.32 Å². The van der Waals surface area contributed by atoms with Crippen LogP contribution in [0.1, 0.15) is 5.56 Å². The van der Waals surface area contributed by atoms with Gasteiger partial charge in [0.15, 0.2) is 0 Å². The number of benzene rings is 2. The van der Waals surface area contributed by atoms with Crippen molar-refractivity contribution < 1.29 is 4.79 Å². The summed E-state index contributed by atoms with van der Waals surface area (Å²) in [6.45, 7) is 0. The molecular formula is C18H17N3O. The van der Waals surface area contributed by atoms with Crippen molar-refractivity contribution in [3.63, 3.8) is 0 Å². The van der Waals surface area contributed by atoms with Crippen LogP contribution in [0.4, 0.5) is 0 Å². The van der Waals surface area contributed by atoms with Crippen LogP contribution in [-0.2, 0) is 11.2 Å². The molecule has 0 aliphatic heterocycles. The van der Waals surface area contributed by atoms with Crippen LogP contribution < -0.4 is 5.32 Å². The van der Waals surface area contributed by atoms with E-state index in [4.69, 9.17) is 0 Å².